The molecule has 0 radical (unpaired) electrons. The lowest BCUT2D eigenvalue weighted by Crippen LogP contribution is -2.47. The summed E-state index contributed by atoms with van der Waals surface area (Å²) >= 11 is 1.65. The second-order valence-electron chi connectivity index (χ2n) is 7.77. The third-order valence-corrected chi connectivity index (χ3v) is 5.97. The first-order valence-electron chi connectivity index (χ1n) is 10.1. The van der Waals surface area contributed by atoms with Crippen LogP contribution in [0, 0.1) is 18.7 Å². The van der Waals surface area contributed by atoms with Crippen molar-refractivity contribution in [2.45, 2.75) is 60.2 Å². The molecular weight excluding hydrogens is 387 g/mol. The molecule has 1 aromatic carbocycles. The van der Waals surface area contributed by atoms with E-state index in [-0.39, 0.29) is 36.1 Å². The number of hydrogen-bond donors (Lipinski definition) is 0. The van der Waals surface area contributed by atoms with Crippen LogP contribution in [0.2, 0.25) is 0 Å². The maximum atomic E-state index is 13.3. The number of carbonyl (C=O) groups is 2. The summed E-state index contributed by atoms with van der Waals surface area (Å²) in [5.74, 6) is -0.579. The SMILES string of the molecule is CCC(C)N(CC(=O)N(Cc1ccc(F)cc1)Cc1ccc(C)s1)C(=O)C(C)C. The molecule has 0 bridgehead atoms. The lowest BCUT2D eigenvalue weighted by atomic mass is 10.1. The number of benzene rings is 1. The number of hydrogen-bond acceptors (Lipinski definition) is 3. The normalized spacial score (nSPS) is 12.1. The van der Waals surface area contributed by atoms with Crippen molar-refractivity contribution in [3.8, 4) is 0 Å². The monoisotopic (exact) mass is 418 g/mol. The van der Waals surface area contributed by atoms with Crippen LogP contribution in [0.5, 0.6) is 0 Å². The first kappa shape index (κ1) is 23.1. The van der Waals surface area contributed by atoms with Gasteiger partial charge >= 0.3 is 0 Å². The zero-order valence-corrected chi connectivity index (χ0v) is 18.8. The van der Waals surface area contributed by atoms with Crippen LogP contribution in [-0.2, 0) is 22.7 Å². The van der Waals surface area contributed by atoms with Crippen LogP contribution in [0.25, 0.3) is 0 Å². The molecule has 0 saturated heterocycles. The van der Waals surface area contributed by atoms with Gasteiger partial charge in [-0.25, -0.2) is 4.39 Å². The summed E-state index contributed by atoms with van der Waals surface area (Å²) < 4.78 is 13.3. The van der Waals surface area contributed by atoms with E-state index in [4.69, 9.17) is 0 Å². The molecule has 1 aromatic heterocycles. The highest BCUT2D eigenvalue weighted by molar-refractivity contribution is 7.11. The van der Waals surface area contributed by atoms with Gasteiger partial charge in [0.15, 0.2) is 0 Å². The summed E-state index contributed by atoms with van der Waals surface area (Å²) in [5, 5.41) is 0. The maximum absolute atomic E-state index is 13.3. The minimum absolute atomic E-state index is 0.00879. The third kappa shape index (κ3) is 6.67. The molecule has 2 aromatic rings. The van der Waals surface area contributed by atoms with Crippen molar-refractivity contribution in [3.05, 3.63) is 57.5 Å². The standard InChI is InChI=1S/C23H31FN2O2S/c1-6-17(4)26(23(28)16(2)3)15-22(27)25(14-21-12-7-18(5)29-21)13-19-8-10-20(24)11-9-19/h7-12,16-17H,6,13-15H2,1-5H3. The van der Waals surface area contributed by atoms with E-state index in [1.165, 1.54) is 17.0 Å². The Hall–Kier alpha value is -2.21. The highest BCUT2D eigenvalue weighted by atomic mass is 32.1. The molecule has 2 amide bonds. The number of nitrogens with zero attached hydrogens (tertiary/aromatic N) is 2. The van der Waals surface area contributed by atoms with Crippen LogP contribution in [0.4, 0.5) is 4.39 Å². The fourth-order valence-electron chi connectivity index (χ4n) is 3.05. The van der Waals surface area contributed by atoms with Gasteiger partial charge in [0, 0.05) is 28.3 Å². The molecular formula is C23H31FN2O2S. The average molecular weight is 419 g/mol. The number of halogens is 1. The molecule has 0 N–H and O–H groups in total. The molecule has 1 atom stereocenters. The second-order valence-corrected chi connectivity index (χ2v) is 9.14. The summed E-state index contributed by atoms with van der Waals surface area (Å²) in [6.45, 7) is 10.6. The Kier molecular flexibility index (Phi) is 8.38. The predicted molar refractivity (Wildman–Crippen MR) is 116 cm³/mol. The zero-order valence-electron chi connectivity index (χ0n) is 17.9. The highest BCUT2D eigenvalue weighted by Crippen LogP contribution is 2.20. The Labute approximate surface area is 177 Å². The molecule has 0 aliphatic carbocycles. The summed E-state index contributed by atoms with van der Waals surface area (Å²) in [7, 11) is 0. The van der Waals surface area contributed by atoms with Gasteiger partial charge < -0.3 is 9.80 Å². The lowest BCUT2D eigenvalue weighted by Gasteiger charge is -2.32. The molecule has 0 aliphatic heterocycles. The summed E-state index contributed by atoms with van der Waals surface area (Å²) in [6.07, 6.45) is 0.786. The molecule has 0 saturated carbocycles. The second kappa shape index (κ2) is 10.5. The van der Waals surface area contributed by atoms with Crippen LogP contribution in [-0.4, -0.2) is 34.2 Å². The first-order valence-corrected chi connectivity index (χ1v) is 10.9. The van der Waals surface area contributed by atoms with Gasteiger partial charge in [0.1, 0.15) is 12.4 Å². The smallest absolute Gasteiger partial charge is 0.242 e. The van der Waals surface area contributed by atoms with Crippen LogP contribution in [0.15, 0.2) is 36.4 Å². The van der Waals surface area contributed by atoms with Gasteiger partial charge in [-0.05, 0) is 50.1 Å². The van der Waals surface area contributed by atoms with Gasteiger partial charge in [-0.15, -0.1) is 11.3 Å². The van der Waals surface area contributed by atoms with E-state index in [0.717, 1.165) is 16.9 Å². The molecule has 158 valence electrons. The molecule has 29 heavy (non-hydrogen) atoms. The third-order valence-electron chi connectivity index (χ3n) is 4.99. The molecule has 0 aliphatic rings. The Bertz CT molecular complexity index is 817. The Morgan fingerprint density at radius 1 is 1.03 bits per heavy atom. The zero-order chi connectivity index (χ0) is 21.6. The number of thiophene rings is 1. The Morgan fingerprint density at radius 3 is 2.21 bits per heavy atom. The summed E-state index contributed by atoms with van der Waals surface area (Å²) in [6, 6.07) is 10.3. The molecule has 0 fully saturated rings. The predicted octanol–water partition coefficient (Wildman–Crippen LogP) is 5.01. The fourth-order valence-corrected chi connectivity index (χ4v) is 3.96. The first-order chi connectivity index (χ1) is 13.7. The van der Waals surface area contributed by atoms with Gasteiger partial charge in [0.25, 0.3) is 0 Å². The van der Waals surface area contributed by atoms with E-state index in [1.807, 2.05) is 46.8 Å². The molecule has 0 spiro atoms. The molecule has 1 heterocycles. The Balaban J connectivity index is 2.23. The van der Waals surface area contributed by atoms with Gasteiger partial charge in [-0.1, -0.05) is 32.9 Å². The largest absolute Gasteiger partial charge is 0.332 e. The number of amides is 2. The van der Waals surface area contributed by atoms with Gasteiger partial charge in [-0.2, -0.15) is 0 Å². The van der Waals surface area contributed by atoms with Gasteiger partial charge in [0.05, 0.1) is 6.54 Å². The van der Waals surface area contributed by atoms with Crippen LogP contribution in [0.1, 0.15) is 49.4 Å². The number of carbonyl (C=O) groups excluding carboxylic acids is 2. The number of aryl methyl sites for hydroxylation is 1. The molecule has 2 rings (SSSR count). The maximum Gasteiger partial charge on any atom is 0.242 e. The van der Waals surface area contributed by atoms with Crippen LogP contribution in [0.3, 0.4) is 0 Å². The summed E-state index contributed by atoms with van der Waals surface area (Å²) in [4.78, 5) is 31.6. The molecule has 6 heteroatoms. The minimum Gasteiger partial charge on any atom is -0.332 e. The van der Waals surface area contributed by atoms with E-state index in [1.54, 1.807) is 33.3 Å². The fraction of sp³-hybridized carbons (Fsp3) is 0.478. The topological polar surface area (TPSA) is 40.6 Å². The van der Waals surface area contributed by atoms with Crippen molar-refractivity contribution in [1.82, 2.24) is 9.80 Å². The molecule has 1 unspecified atom stereocenters. The van der Waals surface area contributed by atoms with Crippen molar-refractivity contribution < 1.29 is 14.0 Å². The quantitative estimate of drug-likeness (QED) is 0.574. The number of rotatable bonds is 9. The molecule has 4 nitrogen and oxygen atoms in total. The van der Waals surface area contributed by atoms with Crippen molar-refractivity contribution in [2.24, 2.45) is 5.92 Å². The van der Waals surface area contributed by atoms with Crippen LogP contribution < -0.4 is 0 Å². The van der Waals surface area contributed by atoms with E-state index in [2.05, 4.69) is 0 Å². The van der Waals surface area contributed by atoms with E-state index < -0.39 is 0 Å². The van der Waals surface area contributed by atoms with Crippen molar-refractivity contribution in [3.63, 3.8) is 0 Å². The van der Waals surface area contributed by atoms with Gasteiger partial charge in [-0.3, -0.25) is 9.59 Å². The summed E-state index contributed by atoms with van der Waals surface area (Å²) in [5.41, 5.74) is 0.860. The van der Waals surface area contributed by atoms with Crippen molar-refractivity contribution in [2.75, 3.05) is 6.54 Å². The van der Waals surface area contributed by atoms with Crippen LogP contribution >= 0.6 is 11.3 Å². The lowest BCUT2D eigenvalue weighted by molar-refractivity contribution is -0.144. The highest BCUT2D eigenvalue weighted by Gasteiger charge is 2.26. The Morgan fingerprint density at radius 2 is 1.69 bits per heavy atom. The van der Waals surface area contributed by atoms with Gasteiger partial charge in [0.2, 0.25) is 11.8 Å². The van der Waals surface area contributed by atoms with Crippen molar-refractivity contribution >= 4 is 23.2 Å². The average Bonchev–Trinajstić information content (AvgIpc) is 3.10. The van der Waals surface area contributed by atoms with E-state index >= 15 is 0 Å². The van der Waals surface area contributed by atoms with Crippen molar-refractivity contribution in [1.29, 1.82) is 0 Å². The van der Waals surface area contributed by atoms with E-state index in [9.17, 15) is 14.0 Å². The minimum atomic E-state index is -0.300. The van der Waals surface area contributed by atoms with E-state index in [0.29, 0.717) is 13.1 Å².